The number of thiocarbonyl (C=S) groups is 1. The van der Waals surface area contributed by atoms with Gasteiger partial charge in [-0.1, -0.05) is 29.8 Å². The number of rotatable bonds is 9. The quantitative estimate of drug-likeness (QED) is 0.559. The van der Waals surface area contributed by atoms with Crippen LogP contribution in [-0.4, -0.2) is 60.8 Å². The van der Waals surface area contributed by atoms with Crippen molar-refractivity contribution >= 4 is 28.9 Å². The predicted octanol–water partition coefficient (Wildman–Crippen LogP) is 4.37. The van der Waals surface area contributed by atoms with Crippen LogP contribution in [0.15, 0.2) is 42.5 Å². The maximum atomic E-state index is 6.10. The van der Waals surface area contributed by atoms with Crippen LogP contribution >= 0.6 is 23.8 Å². The van der Waals surface area contributed by atoms with E-state index in [0.717, 1.165) is 67.3 Å². The average molecular weight is 462 g/mol. The third kappa shape index (κ3) is 7.27. The van der Waals surface area contributed by atoms with Gasteiger partial charge in [0.25, 0.3) is 0 Å². The molecule has 1 heterocycles. The molecule has 2 aromatic carbocycles. The summed E-state index contributed by atoms with van der Waals surface area (Å²) in [7, 11) is 0. The molecule has 1 fully saturated rings. The summed E-state index contributed by atoms with van der Waals surface area (Å²) < 4.78 is 11.4. The fourth-order valence-electron chi connectivity index (χ4n) is 3.68. The SMILES string of the molecule is CCOc1ccc(CCNC(=S)N2CCN(Cc3cccc(Cl)c3)CC2)cc1OCC. The van der Waals surface area contributed by atoms with Crippen molar-refractivity contribution in [3.8, 4) is 11.5 Å². The van der Waals surface area contributed by atoms with E-state index in [1.165, 1.54) is 11.1 Å². The van der Waals surface area contributed by atoms with Gasteiger partial charge >= 0.3 is 0 Å². The minimum absolute atomic E-state index is 0.620. The molecular formula is C24H32ClN3O2S. The fourth-order valence-corrected chi connectivity index (χ4v) is 4.18. The summed E-state index contributed by atoms with van der Waals surface area (Å²) in [4.78, 5) is 4.70. The Bertz CT molecular complexity index is 856. The van der Waals surface area contributed by atoms with Gasteiger partial charge < -0.3 is 19.7 Å². The molecule has 0 unspecified atom stereocenters. The third-order valence-electron chi connectivity index (χ3n) is 5.25. The number of nitrogens with zero attached hydrogens (tertiary/aromatic N) is 2. The Morgan fingerprint density at radius 2 is 1.71 bits per heavy atom. The minimum atomic E-state index is 0.620. The number of hydrogen-bond donors (Lipinski definition) is 1. The molecule has 2 aromatic rings. The molecule has 0 spiro atoms. The van der Waals surface area contributed by atoms with E-state index in [0.29, 0.717) is 13.2 Å². The summed E-state index contributed by atoms with van der Waals surface area (Å²) in [6.07, 6.45) is 0.876. The molecule has 0 atom stereocenters. The maximum absolute atomic E-state index is 6.10. The molecule has 3 rings (SSSR count). The highest BCUT2D eigenvalue weighted by Crippen LogP contribution is 2.28. The molecule has 168 valence electrons. The van der Waals surface area contributed by atoms with Crippen molar-refractivity contribution in [1.82, 2.24) is 15.1 Å². The van der Waals surface area contributed by atoms with Gasteiger partial charge in [-0.3, -0.25) is 4.90 Å². The Balaban J connectivity index is 1.42. The second-order valence-corrected chi connectivity index (χ2v) is 8.35. The molecule has 7 heteroatoms. The van der Waals surface area contributed by atoms with Crippen LogP contribution in [-0.2, 0) is 13.0 Å². The molecule has 5 nitrogen and oxygen atoms in total. The molecule has 1 aliphatic heterocycles. The zero-order chi connectivity index (χ0) is 22.1. The number of ether oxygens (including phenoxy) is 2. The van der Waals surface area contributed by atoms with Crippen molar-refractivity contribution < 1.29 is 9.47 Å². The van der Waals surface area contributed by atoms with Gasteiger partial charge in [0.15, 0.2) is 16.6 Å². The first kappa shape index (κ1) is 23.6. The van der Waals surface area contributed by atoms with Crippen molar-refractivity contribution in [1.29, 1.82) is 0 Å². The van der Waals surface area contributed by atoms with E-state index in [4.69, 9.17) is 33.3 Å². The number of benzene rings is 2. The Morgan fingerprint density at radius 1 is 0.968 bits per heavy atom. The highest BCUT2D eigenvalue weighted by Gasteiger charge is 2.19. The molecule has 1 N–H and O–H groups in total. The number of piperazine rings is 1. The first-order valence-corrected chi connectivity index (χ1v) is 11.8. The van der Waals surface area contributed by atoms with Crippen LogP contribution in [0.3, 0.4) is 0 Å². The second kappa shape index (κ2) is 12.1. The number of halogens is 1. The number of nitrogens with one attached hydrogen (secondary N) is 1. The van der Waals surface area contributed by atoms with Crippen LogP contribution in [0.2, 0.25) is 5.02 Å². The van der Waals surface area contributed by atoms with Crippen LogP contribution in [0, 0.1) is 0 Å². The molecule has 1 saturated heterocycles. The number of hydrogen-bond acceptors (Lipinski definition) is 4. The summed E-state index contributed by atoms with van der Waals surface area (Å²) in [6.45, 7) is 10.8. The van der Waals surface area contributed by atoms with Crippen molar-refractivity contribution in [2.24, 2.45) is 0 Å². The summed E-state index contributed by atoms with van der Waals surface area (Å²) in [5.74, 6) is 1.60. The molecular weight excluding hydrogens is 430 g/mol. The van der Waals surface area contributed by atoms with Gasteiger partial charge in [-0.05, 0) is 67.9 Å². The normalized spacial score (nSPS) is 14.4. The molecule has 0 radical (unpaired) electrons. The highest BCUT2D eigenvalue weighted by molar-refractivity contribution is 7.80. The lowest BCUT2D eigenvalue weighted by molar-refractivity contribution is 0.174. The van der Waals surface area contributed by atoms with E-state index in [2.05, 4.69) is 33.3 Å². The van der Waals surface area contributed by atoms with Gasteiger partial charge in [0, 0.05) is 44.3 Å². The minimum Gasteiger partial charge on any atom is -0.490 e. The van der Waals surface area contributed by atoms with E-state index in [1.807, 2.05) is 38.1 Å². The van der Waals surface area contributed by atoms with E-state index in [9.17, 15) is 0 Å². The van der Waals surface area contributed by atoms with Crippen LogP contribution < -0.4 is 14.8 Å². The molecule has 0 aromatic heterocycles. The maximum Gasteiger partial charge on any atom is 0.169 e. The summed E-state index contributed by atoms with van der Waals surface area (Å²) >= 11 is 11.7. The van der Waals surface area contributed by atoms with Gasteiger partial charge in [-0.2, -0.15) is 0 Å². The Kier molecular flexibility index (Phi) is 9.25. The zero-order valence-electron chi connectivity index (χ0n) is 18.4. The lowest BCUT2D eigenvalue weighted by Crippen LogP contribution is -2.51. The van der Waals surface area contributed by atoms with Crippen LogP contribution in [0.5, 0.6) is 11.5 Å². The van der Waals surface area contributed by atoms with Crippen LogP contribution in [0.25, 0.3) is 0 Å². The third-order valence-corrected chi connectivity index (χ3v) is 5.89. The van der Waals surface area contributed by atoms with Crippen molar-refractivity contribution in [3.05, 3.63) is 58.6 Å². The Morgan fingerprint density at radius 3 is 2.42 bits per heavy atom. The Labute approximate surface area is 196 Å². The molecule has 0 bridgehead atoms. The molecule has 0 aliphatic carbocycles. The van der Waals surface area contributed by atoms with Gasteiger partial charge in [-0.25, -0.2) is 0 Å². The lowest BCUT2D eigenvalue weighted by atomic mass is 10.1. The molecule has 31 heavy (non-hydrogen) atoms. The smallest absolute Gasteiger partial charge is 0.169 e. The van der Waals surface area contributed by atoms with Crippen LogP contribution in [0.1, 0.15) is 25.0 Å². The van der Waals surface area contributed by atoms with Crippen molar-refractivity contribution in [2.75, 3.05) is 45.9 Å². The van der Waals surface area contributed by atoms with Crippen LogP contribution in [0.4, 0.5) is 0 Å². The topological polar surface area (TPSA) is 37.0 Å². The van der Waals surface area contributed by atoms with Gasteiger partial charge in [0.1, 0.15) is 0 Å². The molecule has 0 saturated carbocycles. The first-order chi connectivity index (χ1) is 15.1. The van der Waals surface area contributed by atoms with E-state index >= 15 is 0 Å². The zero-order valence-corrected chi connectivity index (χ0v) is 20.0. The fraction of sp³-hybridized carbons (Fsp3) is 0.458. The monoisotopic (exact) mass is 461 g/mol. The summed E-state index contributed by atoms with van der Waals surface area (Å²) in [6, 6.07) is 14.2. The lowest BCUT2D eigenvalue weighted by Gasteiger charge is -2.36. The highest BCUT2D eigenvalue weighted by atomic mass is 35.5. The van der Waals surface area contributed by atoms with E-state index in [-0.39, 0.29) is 0 Å². The second-order valence-electron chi connectivity index (χ2n) is 7.52. The Hall–Kier alpha value is -2.02. The van der Waals surface area contributed by atoms with Gasteiger partial charge in [0.05, 0.1) is 13.2 Å². The largest absolute Gasteiger partial charge is 0.490 e. The van der Waals surface area contributed by atoms with E-state index in [1.54, 1.807) is 0 Å². The van der Waals surface area contributed by atoms with Gasteiger partial charge in [0.2, 0.25) is 0 Å². The standard InChI is InChI=1S/C24H32ClN3O2S/c1-3-29-22-9-8-19(17-23(22)30-4-2)10-11-26-24(31)28-14-12-27(13-15-28)18-20-6-5-7-21(25)16-20/h5-9,16-17H,3-4,10-15,18H2,1-2H3,(H,26,31). The predicted molar refractivity (Wildman–Crippen MR) is 131 cm³/mol. The molecule has 0 amide bonds. The summed E-state index contributed by atoms with van der Waals surface area (Å²) in [5, 5.41) is 5.04. The van der Waals surface area contributed by atoms with Crippen molar-refractivity contribution in [3.63, 3.8) is 0 Å². The van der Waals surface area contributed by atoms with Gasteiger partial charge in [-0.15, -0.1) is 0 Å². The van der Waals surface area contributed by atoms with E-state index < -0.39 is 0 Å². The average Bonchev–Trinajstić information content (AvgIpc) is 2.76. The molecule has 1 aliphatic rings. The summed E-state index contributed by atoms with van der Waals surface area (Å²) in [5.41, 5.74) is 2.46. The first-order valence-electron chi connectivity index (χ1n) is 11.0. The van der Waals surface area contributed by atoms with Crippen molar-refractivity contribution in [2.45, 2.75) is 26.8 Å².